The highest BCUT2D eigenvalue weighted by Crippen LogP contribution is 2.25. The van der Waals surface area contributed by atoms with E-state index in [1.54, 1.807) is 6.07 Å². The number of aromatic nitrogens is 6. The number of rotatable bonds is 6. The molecule has 0 bridgehead atoms. The minimum Gasteiger partial charge on any atom is -0.350 e. The number of benzene rings is 1. The number of H-pyrrole nitrogens is 1. The SMILES string of the molecule is Cc1nn(C)c(C)c1-c1cc(C(=O)NCCc2cnn(-c3ccccc3)c2)[nH]n1. The number of hydrogen-bond donors (Lipinski definition) is 2. The summed E-state index contributed by atoms with van der Waals surface area (Å²) in [5.41, 5.74) is 6.08. The first-order valence-electron chi connectivity index (χ1n) is 9.46. The zero-order valence-electron chi connectivity index (χ0n) is 16.7. The number of nitrogens with zero attached hydrogens (tertiary/aromatic N) is 5. The number of para-hydroxylation sites is 1. The quantitative estimate of drug-likeness (QED) is 0.530. The zero-order chi connectivity index (χ0) is 20.4. The van der Waals surface area contributed by atoms with Crippen molar-refractivity contribution in [2.45, 2.75) is 20.3 Å². The summed E-state index contributed by atoms with van der Waals surface area (Å²) >= 11 is 0. The maximum Gasteiger partial charge on any atom is 0.269 e. The average molecular weight is 389 g/mol. The van der Waals surface area contributed by atoms with Crippen LogP contribution in [0.4, 0.5) is 0 Å². The minimum absolute atomic E-state index is 0.182. The number of aryl methyl sites for hydroxylation is 2. The Hall–Kier alpha value is -3.68. The third kappa shape index (κ3) is 3.82. The van der Waals surface area contributed by atoms with Crippen molar-refractivity contribution in [3.05, 3.63) is 71.4 Å². The summed E-state index contributed by atoms with van der Waals surface area (Å²) in [6.45, 7) is 4.43. The normalized spacial score (nSPS) is 11.0. The lowest BCUT2D eigenvalue weighted by atomic mass is 10.1. The van der Waals surface area contributed by atoms with Gasteiger partial charge < -0.3 is 5.32 Å². The molecule has 0 spiro atoms. The van der Waals surface area contributed by atoms with Crippen molar-refractivity contribution in [3.8, 4) is 16.9 Å². The van der Waals surface area contributed by atoms with Crippen LogP contribution in [0.3, 0.4) is 0 Å². The summed E-state index contributed by atoms with van der Waals surface area (Å²) in [5, 5.41) is 18.8. The highest BCUT2D eigenvalue weighted by atomic mass is 16.1. The van der Waals surface area contributed by atoms with Gasteiger partial charge in [0, 0.05) is 31.0 Å². The van der Waals surface area contributed by atoms with Crippen LogP contribution in [0.25, 0.3) is 16.9 Å². The Labute approximate surface area is 168 Å². The van der Waals surface area contributed by atoms with Gasteiger partial charge in [-0.25, -0.2) is 4.68 Å². The van der Waals surface area contributed by atoms with E-state index in [9.17, 15) is 4.79 Å². The van der Waals surface area contributed by atoms with Crippen LogP contribution < -0.4 is 5.32 Å². The van der Waals surface area contributed by atoms with E-state index in [0.717, 1.165) is 33.9 Å². The van der Waals surface area contributed by atoms with Gasteiger partial charge in [0.25, 0.3) is 5.91 Å². The third-order valence-electron chi connectivity index (χ3n) is 4.94. The highest BCUT2D eigenvalue weighted by Gasteiger charge is 2.17. The summed E-state index contributed by atoms with van der Waals surface area (Å²) in [5.74, 6) is -0.182. The van der Waals surface area contributed by atoms with E-state index in [1.165, 1.54) is 0 Å². The number of nitrogens with one attached hydrogen (secondary N) is 2. The van der Waals surface area contributed by atoms with Crippen molar-refractivity contribution in [1.82, 2.24) is 35.1 Å². The third-order valence-corrected chi connectivity index (χ3v) is 4.94. The fourth-order valence-corrected chi connectivity index (χ4v) is 3.34. The molecule has 2 N–H and O–H groups in total. The van der Waals surface area contributed by atoms with Crippen LogP contribution in [-0.2, 0) is 13.5 Å². The summed E-state index contributed by atoms with van der Waals surface area (Å²) < 4.78 is 3.64. The topological polar surface area (TPSA) is 93.4 Å². The molecule has 0 saturated carbocycles. The molecule has 148 valence electrons. The van der Waals surface area contributed by atoms with Crippen molar-refractivity contribution in [3.63, 3.8) is 0 Å². The Morgan fingerprint density at radius 1 is 1.21 bits per heavy atom. The van der Waals surface area contributed by atoms with Crippen molar-refractivity contribution < 1.29 is 4.79 Å². The first-order chi connectivity index (χ1) is 14.0. The van der Waals surface area contributed by atoms with Crippen LogP contribution in [0.15, 0.2) is 48.8 Å². The molecule has 0 unspecified atom stereocenters. The van der Waals surface area contributed by atoms with E-state index < -0.39 is 0 Å². The van der Waals surface area contributed by atoms with E-state index in [2.05, 4.69) is 25.7 Å². The van der Waals surface area contributed by atoms with Crippen LogP contribution in [-0.4, -0.2) is 42.2 Å². The molecule has 1 amide bonds. The second-order valence-electron chi connectivity index (χ2n) is 6.97. The summed E-state index contributed by atoms with van der Waals surface area (Å²) in [6.07, 6.45) is 4.49. The second-order valence-corrected chi connectivity index (χ2v) is 6.97. The lowest BCUT2D eigenvalue weighted by molar-refractivity contribution is 0.0949. The van der Waals surface area contributed by atoms with Gasteiger partial charge in [-0.1, -0.05) is 18.2 Å². The van der Waals surface area contributed by atoms with Gasteiger partial charge in [-0.05, 0) is 44.0 Å². The fraction of sp³-hybridized carbons (Fsp3) is 0.238. The van der Waals surface area contributed by atoms with Gasteiger partial charge >= 0.3 is 0 Å². The lowest BCUT2D eigenvalue weighted by Crippen LogP contribution is -2.25. The zero-order valence-corrected chi connectivity index (χ0v) is 16.7. The molecule has 3 heterocycles. The number of carbonyl (C=O) groups excluding carboxylic acids is 1. The summed E-state index contributed by atoms with van der Waals surface area (Å²) in [4.78, 5) is 12.5. The van der Waals surface area contributed by atoms with Gasteiger partial charge in [-0.3, -0.25) is 14.6 Å². The molecule has 29 heavy (non-hydrogen) atoms. The average Bonchev–Trinajstić information content (AvgIpc) is 3.43. The van der Waals surface area contributed by atoms with Gasteiger partial charge in [-0.15, -0.1) is 0 Å². The number of aromatic amines is 1. The van der Waals surface area contributed by atoms with E-state index in [4.69, 9.17) is 0 Å². The van der Waals surface area contributed by atoms with Crippen molar-refractivity contribution >= 4 is 5.91 Å². The largest absolute Gasteiger partial charge is 0.350 e. The van der Waals surface area contributed by atoms with Gasteiger partial charge in [-0.2, -0.15) is 15.3 Å². The lowest BCUT2D eigenvalue weighted by Gasteiger charge is -2.02. The molecular weight excluding hydrogens is 366 g/mol. The van der Waals surface area contributed by atoms with Gasteiger partial charge in [0.05, 0.1) is 23.3 Å². The molecule has 8 heteroatoms. The molecule has 4 aromatic rings. The Balaban J connectivity index is 1.36. The van der Waals surface area contributed by atoms with Crippen molar-refractivity contribution in [2.24, 2.45) is 7.05 Å². The molecule has 0 aliphatic carbocycles. The van der Waals surface area contributed by atoms with Gasteiger partial charge in [0.1, 0.15) is 5.69 Å². The van der Waals surface area contributed by atoms with Crippen molar-refractivity contribution in [2.75, 3.05) is 6.54 Å². The number of hydrogen-bond acceptors (Lipinski definition) is 4. The molecule has 1 aromatic carbocycles. The predicted molar refractivity (Wildman–Crippen MR) is 110 cm³/mol. The highest BCUT2D eigenvalue weighted by molar-refractivity contribution is 5.93. The predicted octanol–water partition coefficient (Wildman–Crippen LogP) is 2.59. The van der Waals surface area contributed by atoms with Gasteiger partial charge in [0.15, 0.2) is 0 Å². The van der Waals surface area contributed by atoms with Gasteiger partial charge in [0.2, 0.25) is 0 Å². The minimum atomic E-state index is -0.182. The molecular formula is C21H23N7O. The monoisotopic (exact) mass is 389 g/mol. The number of carbonyl (C=O) groups is 1. The maximum atomic E-state index is 12.5. The molecule has 0 radical (unpaired) electrons. The maximum absolute atomic E-state index is 12.5. The first kappa shape index (κ1) is 18.7. The molecule has 8 nitrogen and oxygen atoms in total. The van der Waals surface area contributed by atoms with Crippen LogP contribution in [0.2, 0.25) is 0 Å². The fourth-order valence-electron chi connectivity index (χ4n) is 3.34. The molecule has 3 aromatic heterocycles. The Bertz CT molecular complexity index is 1140. The molecule has 0 aliphatic rings. The molecule has 0 atom stereocenters. The standard InChI is InChI=1S/C21H23N7O/c1-14-20(15(2)27(3)26-14)18-11-19(25-24-18)21(29)22-10-9-16-12-23-28(13-16)17-7-5-4-6-8-17/h4-8,11-13H,9-10H2,1-3H3,(H,22,29)(H,24,25). The Morgan fingerprint density at radius 2 is 2.00 bits per heavy atom. The Kier molecular flexibility index (Phi) is 4.99. The van der Waals surface area contributed by atoms with E-state index in [1.807, 2.05) is 73.0 Å². The van der Waals surface area contributed by atoms with E-state index in [0.29, 0.717) is 18.7 Å². The van der Waals surface area contributed by atoms with Crippen LogP contribution in [0.5, 0.6) is 0 Å². The van der Waals surface area contributed by atoms with Crippen molar-refractivity contribution in [1.29, 1.82) is 0 Å². The molecule has 0 fully saturated rings. The molecule has 0 saturated heterocycles. The Morgan fingerprint density at radius 3 is 2.72 bits per heavy atom. The van der Waals surface area contributed by atoms with Crippen LogP contribution >= 0.6 is 0 Å². The van der Waals surface area contributed by atoms with E-state index in [-0.39, 0.29) is 5.91 Å². The summed E-state index contributed by atoms with van der Waals surface area (Å²) in [6, 6.07) is 11.7. The van der Waals surface area contributed by atoms with Crippen LogP contribution in [0, 0.1) is 13.8 Å². The first-order valence-corrected chi connectivity index (χ1v) is 9.46. The molecule has 0 aliphatic heterocycles. The van der Waals surface area contributed by atoms with Crippen LogP contribution in [0.1, 0.15) is 27.4 Å². The van der Waals surface area contributed by atoms with E-state index >= 15 is 0 Å². The number of amides is 1. The smallest absolute Gasteiger partial charge is 0.269 e. The molecule has 4 rings (SSSR count). The second kappa shape index (κ2) is 7.75. The summed E-state index contributed by atoms with van der Waals surface area (Å²) in [7, 11) is 1.89.